The van der Waals surface area contributed by atoms with Gasteiger partial charge in [-0.2, -0.15) is 13.2 Å². The van der Waals surface area contributed by atoms with Crippen LogP contribution in [0.1, 0.15) is 24.4 Å². The minimum atomic E-state index is -4.47. The van der Waals surface area contributed by atoms with Crippen LogP contribution in [0, 0.1) is 0 Å². The number of para-hydroxylation sites is 1. The first-order valence-corrected chi connectivity index (χ1v) is 9.93. The number of thioether (sulfide) groups is 1. The first-order valence-electron chi connectivity index (χ1n) is 8.95. The monoisotopic (exact) mass is 436 g/mol. The minimum Gasteiger partial charge on any atom is -0.483 e. The number of amides is 1. The van der Waals surface area contributed by atoms with Gasteiger partial charge in [0.2, 0.25) is 5.91 Å². The zero-order chi connectivity index (χ0) is 21.7. The molecule has 1 heterocycles. The SMILES string of the molecule is CC(Oc1ccccc1)c1nnc(SCC(=O)Nc2cccc(C(F)(F)F)c2)n1C. The Morgan fingerprint density at radius 3 is 2.60 bits per heavy atom. The van der Waals surface area contributed by atoms with E-state index >= 15 is 0 Å². The lowest BCUT2D eigenvalue weighted by atomic mass is 10.2. The first kappa shape index (κ1) is 21.7. The largest absolute Gasteiger partial charge is 0.483 e. The van der Waals surface area contributed by atoms with E-state index in [1.807, 2.05) is 37.3 Å². The van der Waals surface area contributed by atoms with Crippen LogP contribution in [0.15, 0.2) is 59.8 Å². The van der Waals surface area contributed by atoms with Gasteiger partial charge in [-0.3, -0.25) is 4.79 Å². The van der Waals surface area contributed by atoms with Gasteiger partial charge in [0.1, 0.15) is 5.75 Å². The second kappa shape index (κ2) is 9.21. The van der Waals surface area contributed by atoms with Gasteiger partial charge in [0.25, 0.3) is 0 Å². The van der Waals surface area contributed by atoms with Gasteiger partial charge in [-0.25, -0.2) is 0 Å². The lowest BCUT2D eigenvalue weighted by Crippen LogP contribution is -2.15. The van der Waals surface area contributed by atoms with Gasteiger partial charge < -0.3 is 14.6 Å². The molecule has 0 bridgehead atoms. The molecule has 1 unspecified atom stereocenters. The van der Waals surface area contributed by atoms with Crippen LogP contribution in [-0.2, 0) is 18.0 Å². The summed E-state index contributed by atoms with van der Waals surface area (Å²) in [5.74, 6) is 0.802. The predicted octanol–water partition coefficient (Wildman–Crippen LogP) is 4.70. The molecular formula is C20H19F3N4O2S. The maximum Gasteiger partial charge on any atom is 0.416 e. The zero-order valence-electron chi connectivity index (χ0n) is 16.2. The molecule has 0 spiro atoms. The Balaban J connectivity index is 1.58. The fourth-order valence-corrected chi connectivity index (χ4v) is 3.38. The van der Waals surface area contributed by atoms with Crippen molar-refractivity contribution in [2.45, 2.75) is 24.4 Å². The average Bonchev–Trinajstić information content (AvgIpc) is 3.07. The highest BCUT2D eigenvalue weighted by Gasteiger charge is 2.30. The number of nitrogens with one attached hydrogen (secondary N) is 1. The van der Waals surface area contributed by atoms with Crippen LogP contribution in [0.5, 0.6) is 5.75 Å². The molecule has 0 aliphatic heterocycles. The van der Waals surface area contributed by atoms with Gasteiger partial charge >= 0.3 is 6.18 Å². The molecule has 0 aliphatic carbocycles. The molecule has 1 N–H and O–H groups in total. The van der Waals surface area contributed by atoms with Crippen LogP contribution in [0.4, 0.5) is 18.9 Å². The molecule has 158 valence electrons. The summed E-state index contributed by atoms with van der Waals surface area (Å²) in [6.45, 7) is 1.84. The third kappa shape index (κ3) is 5.53. The van der Waals surface area contributed by atoms with Gasteiger partial charge in [-0.15, -0.1) is 10.2 Å². The summed E-state index contributed by atoms with van der Waals surface area (Å²) in [6.07, 6.45) is -4.83. The van der Waals surface area contributed by atoms with Crippen LogP contribution < -0.4 is 10.1 Å². The summed E-state index contributed by atoms with van der Waals surface area (Å²) in [6, 6.07) is 13.8. The fraction of sp³-hybridized carbons (Fsp3) is 0.250. The Kier molecular flexibility index (Phi) is 6.66. The first-order chi connectivity index (χ1) is 14.2. The Hall–Kier alpha value is -3.01. The van der Waals surface area contributed by atoms with Crippen LogP contribution in [0.2, 0.25) is 0 Å². The van der Waals surface area contributed by atoms with E-state index in [1.54, 1.807) is 11.6 Å². The number of carbonyl (C=O) groups excluding carboxylic acids is 1. The van der Waals surface area contributed by atoms with Crippen molar-refractivity contribution in [1.82, 2.24) is 14.8 Å². The summed E-state index contributed by atoms with van der Waals surface area (Å²) >= 11 is 1.13. The molecule has 2 aromatic carbocycles. The Bertz CT molecular complexity index is 1010. The van der Waals surface area contributed by atoms with Crippen molar-refractivity contribution in [3.8, 4) is 5.75 Å². The number of carbonyl (C=O) groups is 1. The maximum atomic E-state index is 12.8. The van der Waals surface area contributed by atoms with Gasteiger partial charge in [0.15, 0.2) is 17.1 Å². The molecule has 30 heavy (non-hydrogen) atoms. The molecule has 1 aromatic heterocycles. The summed E-state index contributed by atoms with van der Waals surface area (Å²) in [5, 5.41) is 11.2. The highest BCUT2D eigenvalue weighted by atomic mass is 32.2. The third-order valence-corrected chi connectivity index (χ3v) is 5.11. The molecule has 1 atom stereocenters. The van der Waals surface area contributed by atoms with Crippen molar-refractivity contribution in [3.05, 3.63) is 66.0 Å². The molecule has 0 saturated heterocycles. The Morgan fingerprint density at radius 2 is 1.90 bits per heavy atom. The number of benzene rings is 2. The van der Waals surface area contributed by atoms with Crippen molar-refractivity contribution in [3.63, 3.8) is 0 Å². The maximum absolute atomic E-state index is 12.8. The van der Waals surface area contributed by atoms with Gasteiger partial charge in [0, 0.05) is 12.7 Å². The van der Waals surface area contributed by atoms with Crippen molar-refractivity contribution < 1.29 is 22.7 Å². The summed E-state index contributed by atoms with van der Waals surface area (Å²) in [4.78, 5) is 12.1. The van der Waals surface area contributed by atoms with E-state index in [1.165, 1.54) is 12.1 Å². The van der Waals surface area contributed by atoms with Gasteiger partial charge in [-0.05, 0) is 37.3 Å². The van der Waals surface area contributed by atoms with Crippen LogP contribution in [0.25, 0.3) is 0 Å². The number of ether oxygens (including phenoxy) is 1. The number of hydrogen-bond donors (Lipinski definition) is 1. The van der Waals surface area contributed by atoms with E-state index in [2.05, 4.69) is 15.5 Å². The number of nitrogens with zero attached hydrogens (tertiary/aromatic N) is 3. The van der Waals surface area contributed by atoms with Gasteiger partial charge in [0.05, 0.1) is 11.3 Å². The summed E-state index contributed by atoms with van der Waals surface area (Å²) < 4.78 is 45.9. The number of rotatable bonds is 7. The second-order valence-corrected chi connectivity index (χ2v) is 7.33. The van der Waals surface area contributed by atoms with E-state index in [4.69, 9.17) is 4.74 Å². The normalized spacial score (nSPS) is 12.4. The van der Waals surface area contributed by atoms with E-state index in [9.17, 15) is 18.0 Å². The number of anilines is 1. The lowest BCUT2D eigenvalue weighted by Gasteiger charge is -2.14. The van der Waals surface area contributed by atoms with Crippen molar-refractivity contribution in [2.24, 2.45) is 7.05 Å². The van der Waals surface area contributed by atoms with Crippen LogP contribution in [0.3, 0.4) is 0 Å². The van der Waals surface area contributed by atoms with Crippen molar-refractivity contribution in [2.75, 3.05) is 11.1 Å². The Labute approximate surface area is 175 Å². The average molecular weight is 436 g/mol. The van der Waals surface area contributed by atoms with E-state index in [0.29, 0.717) is 16.7 Å². The second-order valence-electron chi connectivity index (χ2n) is 6.39. The molecule has 3 aromatic rings. The van der Waals surface area contributed by atoms with Crippen LogP contribution in [-0.4, -0.2) is 26.4 Å². The quantitative estimate of drug-likeness (QED) is 0.544. The van der Waals surface area contributed by atoms with E-state index < -0.39 is 17.6 Å². The molecule has 0 aliphatic rings. The summed E-state index contributed by atoms with van der Waals surface area (Å²) in [5.41, 5.74) is -0.739. The minimum absolute atomic E-state index is 0.0316. The number of halogens is 3. The molecular weight excluding hydrogens is 417 g/mol. The summed E-state index contributed by atoms with van der Waals surface area (Å²) in [7, 11) is 1.76. The van der Waals surface area contributed by atoms with Crippen molar-refractivity contribution in [1.29, 1.82) is 0 Å². The number of aromatic nitrogens is 3. The van der Waals surface area contributed by atoms with E-state index in [-0.39, 0.29) is 17.5 Å². The highest BCUT2D eigenvalue weighted by Crippen LogP contribution is 2.30. The van der Waals surface area contributed by atoms with Crippen LogP contribution >= 0.6 is 11.8 Å². The van der Waals surface area contributed by atoms with E-state index in [0.717, 1.165) is 23.9 Å². The standard InChI is InChI=1S/C20H19F3N4O2S/c1-13(29-16-9-4-3-5-10-16)18-25-26-19(27(18)2)30-12-17(28)24-15-8-6-7-14(11-15)20(21,22)23/h3-11,13H,12H2,1-2H3,(H,24,28). The predicted molar refractivity (Wildman–Crippen MR) is 107 cm³/mol. The molecule has 6 nitrogen and oxygen atoms in total. The zero-order valence-corrected chi connectivity index (χ0v) is 17.0. The smallest absolute Gasteiger partial charge is 0.416 e. The number of hydrogen-bond acceptors (Lipinski definition) is 5. The highest BCUT2D eigenvalue weighted by molar-refractivity contribution is 7.99. The third-order valence-electron chi connectivity index (χ3n) is 4.09. The lowest BCUT2D eigenvalue weighted by molar-refractivity contribution is -0.137. The fourth-order valence-electron chi connectivity index (χ4n) is 2.66. The molecule has 1 amide bonds. The molecule has 0 saturated carbocycles. The Morgan fingerprint density at radius 1 is 1.17 bits per heavy atom. The molecule has 3 rings (SSSR count). The molecule has 0 radical (unpaired) electrons. The topological polar surface area (TPSA) is 69.0 Å². The van der Waals surface area contributed by atoms with Crippen molar-refractivity contribution >= 4 is 23.4 Å². The number of alkyl halides is 3. The molecule has 0 fully saturated rings. The molecule has 10 heteroatoms. The van der Waals surface area contributed by atoms with Gasteiger partial charge in [-0.1, -0.05) is 36.0 Å².